The molecule has 0 atom stereocenters. The fourth-order valence-electron chi connectivity index (χ4n) is 12.4. The van der Waals surface area contributed by atoms with Crippen LogP contribution in [0.2, 0.25) is 0 Å². The smallest absolute Gasteiger partial charge is 0.119 e. The van der Waals surface area contributed by atoms with Gasteiger partial charge in [-0.05, 0) is 187 Å². The maximum atomic E-state index is 6.31. The van der Waals surface area contributed by atoms with Gasteiger partial charge in [0.15, 0.2) is 0 Å². The molecule has 0 N–H and O–H groups in total. The Bertz CT molecular complexity index is 1360. The molecule has 2 aliphatic heterocycles. The van der Waals surface area contributed by atoms with Crippen LogP contribution in [0.25, 0.3) is 5.57 Å². The van der Waals surface area contributed by atoms with E-state index in [0.717, 1.165) is 61.2 Å². The molecule has 4 bridgehead atoms. The van der Waals surface area contributed by atoms with Gasteiger partial charge in [0.25, 0.3) is 0 Å². The van der Waals surface area contributed by atoms with E-state index in [-0.39, 0.29) is 0 Å². The standard InChI is InChI=1S/C53H84N2O2/c1-54(33-17-9-10-18-34-54)31-15-7-3-5-13-21-37-56-50-27-23-46(24-28-50)52(53-48-40-44-39-45(42-48)43-49(53)41-44)47-25-29-51(30-26-47)57-38-22-14-6-4-8-16-32-55(2)35-19-11-12-20-36-55/h23-30,44-45,48-49H,3-22,31-43H2,1-2H3/q+2. The molecule has 4 heteroatoms. The van der Waals surface area contributed by atoms with E-state index in [1.165, 1.54) is 213 Å². The molecule has 8 rings (SSSR count). The third-order valence-corrected chi connectivity index (χ3v) is 15.6. The second kappa shape index (κ2) is 21.8. The first-order valence-corrected chi connectivity index (χ1v) is 24.8. The maximum absolute atomic E-state index is 6.31. The van der Waals surface area contributed by atoms with Crippen molar-refractivity contribution in [2.24, 2.45) is 23.7 Å². The van der Waals surface area contributed by atoms with E-state index in [9.17, 15) is 0 Å². The lowest BCUT2D eigenvalue weighted by molar-refractivity contribution is -0.909. The Morgan fingerprint density at radius 2 is 0.789 bits per heavy atom. The molecule has 2 aromatic rings. The SMILES string of the molecule is C[N+]1(CCCCCCCCOc2ccc(C(=C3C4CC5CC(C4)CC3C5)c3ccc(OCCCCCCCC[N+]4(C)CCCCCC4)cc3)cc2)CCCCCC1. The van der Waals surface area contributed by atoms with Gasteiger partial charge in [-0.1, -0.05) is 68.4 Å². The molecule has 0 spiro atoms. The van der Waals surface area contributed by atoms with Crippen LogP contribution in [-0.4, -0.2) is 75.5 Å². The van der Waals surface area contributed by atoms with Gasteiger partial charge in [0.2, 0.25) is 0 Å². The number of quaternary nitrogens is 2. The minimum Gasteiger partial charge on any atom is -0.494 e. The molecule has 316 valence electrons. The van der Waals surface area contributed by atoms with Gasteiger partial charge in [-0.3, -0.25) is 0 Å². The predicted molar refractivity (Wildman–Crippen MR) is 241 cm³/mol. The molecule has 0 unspecified atom stereocenters. The highest BCUT2D eigenvalue weighted by molar-refractivity contribution is 5.83. The minimum absolute atomic E-state index is 0.765. The van der Waals surface area contributed by atoms with Crippen molar-refractivity contribution in [2.75, 3.05) is 66.6 Å². The van der Waals surface area contributed by atoms with Crippen molar-refractivity contribution in [2.45, 2.75) is 161 Å². The highest BCUT2D eigenvalue weighted by Gasteiger charge is 2.46. The van der Waals surface area contributed by atoms with Gasteiger partial charge in [-0.2, -0.15) is 0 Å². The molecule has 4 nitrogen and oxygen atoms in total. The summed E-state index contributed by atoms with van der Waals surface area (Å²) in [5.74, 6) is 5.50. The summed E-state index contributed by atoms with van der Waals surface area (Å²) >= 11 is 0. The molecule has 57 heavy (non-hydrogen) atoms. The summed E-state index contributed by atoms with van der Waals surface area (Å²) in [4.78, 5) is 0. The van der Waals surface area contributed by atoms with Crippen LogP contribution in [0.3, 0.4) is 0 Å². The second-order valence-electron chi connectivity index (χ2n) is 20.5. The van der Waals surface area contributed by atoms with Crippen molar-refractivity contribution >= 4 is 5.57 Å². The normalized spacial score (nSPS) is 25.2. The Labute approximate surface area is 350 Å². The van der Waals surface area contributed by atoms with Crippen molar-refractivity contribution in [3.8, 4) is 11.5 Å². The highest BCUT2D eigenvalue weighted by atomic mass is 16.5. The summed E-state index contributed by atoms with van der Waals surface area (Å²) in [6.45, 7) is 10.0. The van der Waals surface area contributed by atoms with Crippen LogP contribution in [0.15, 0.2) is 54.1 Å². The van der Waals surface area contributed by atoms with Crippen molar-refractivity contribution in [1.82, 2.24) is 0 Å². The zero-order valence-corrected chi connectivity index (χ0v) is 37.0. The third kappa shape index (κ3) is 12.8. The van der Waals surface area contributed by atoms with E-state index in [4.69, 9.17) is 9.47 Å². The molecule has 0 aromatic heterocycles. The van der Waals surface area contributed by atoms with Crippen molar-refractivity contribution < 1.29 is 18.4 Å². The number of likely N-dealkylation sites (tertiary alicyclic amines) is 2. The molecule has 0 radical (unpaired) electrons. The van der Waals surface area contributed by atoms with Crippen LogP contribution in [0.4, 0.5) is 0 Å². The quantitative estimate of drug-likeness (QED) is 0.0875. The molecule has 2 aromatic carbocycles. The van der Waals surface area contributed by atoms with Gasteiger partial charge in [0.1, 0.15) is 11.5 Å². The van der Waals surface area contributed by atoms with Crippen LogP contribution in [-0.2, 0) is 0 Å². The number of nitrogens with zero attached hydrogens (tertiary/aromatic N) is 2. The van der Waals surface area contributed by atoms with Crippen molar-refractivity contribution in [3.63, 3.8) is 0 Å². The number of hydrogen-bond acceptors (Lipinski definition) is 2. The fraction of sp³-hybridized carbons (Fsp3) is 0.736. The van der Waals surface area contributed by atoms with Gasteiger partial charge >= 0.3 is 0 Å². The number of rotatable bonds is 22. The van der Waals surface area contributed by atoms with E-state index in [1.807, 2.05) is 0 Å². The van der Waals surface area contributed by atoms with Crippen molar-refractivity contribution in [3.05, 3.63) is 65.2 Å². The topological polar surface area (TPSA) is 18.5 Å². The molecule has 0 amide bonds. The van der Waals surface area contributed by atoms with Crippen LogP contribution in [0.1, 0.15) is 172 Å². The molecule has 4 saturated carbocycles. The predicted octanol–water partition coefficient (Wildman–Crippen LogP) is 13.4. The lowest BCUT2D eigenvalue weighted by Gasteiger charge is -2.52. The fourth-order valence-corrected chi connectivity index (χ4v) is 12.4. The highest BCUT2D eigenvalue weighted by Crippen LogP contribution is 2.58. The average Bonchev–Trinajstić information content (AvgIpc) is 3.58. The number of allylic oxidation sites excluding steroid dienone is 1. The third-order valence-electron chi connectivity index (χ3n) is 15.6. The van der Waals surface area contributed by atoms with Crippen LogP contribution in [0, 0.1) is 23.7 Å². The number of benzene rings is 2. The first-order valence-electron chi connectivity index (χ1n) is 24.8. The Kier molecular flexibility index (Phi) is 16.4. The van der Waals surface area contributed by atoms with Gasteiger partial charge < -0.3 is 18.4 Å². The van der Waals surface area contributed by atoms with Gasteiger partial charge in [0, 0.05) is 0 Å². The molecule has 6 fully saturated rings. The second-order valence-corrected chi connectivity index (χ2v) is 20.5. The van der Waals surface area contributed by atoms with Crippen LogP contribution in [0.5, 0.6) is 11.5 Å². The monoisotopic (exact) mass is 781 g/mol. The van der Waals surface area contributed by atoms with E-state index in [2.05, 4.69) is 62.6 Å². The van der Waals surface area contributed by atoms with E-state index in [1.54, 1.807) is 5.57 Å². The molecular formula is C53H84N2O2+2. The minimum atomic E-state index is 0.765. The van der Waals surface area contributed by atoms with Crippen molar-refractivity contribution in [1.29, 1.82) is 0 Å². The number of hydrogen-bond donors (Lipinski definition) is 0. The van der Waals surface area contributed by atoms with Gasteiger partial charge in [0.05, 0.1) is 66.6 Å². The Balaban J connectivity index is 0.846. The molecule has 6 aliphatic rings. The summed E-state index contributed by atoms with van der Waals surface area (Å²) in [5, 5.41) is 0. The summed E-state index contributed by atoms with van der Waals surface area (Å²) in [6.07, 6.45) is 34.6. The largest absolute Gasteiger partial charge is 0.494 e. The Morgan fingerprint density at radius 3 is 1.18 bits per heavy atom. The summed E-state index contributed by atoms with van der Waals surface area (Å²) in [7, 11) is 5.01. The summed E-state index contributed by atoms with van der Waals surface area (Å²) in [6, 6.07) is 18.4. The molecule has 4 aliphatic carbocycles. The first kappa shape index (κ1) is 42.8. The van der Waals surface area contributed by atoms with E-state index >= 15 is 0 Å². The average molecular weight is 781 g/mol. The Hall–Kier alpha value is -2.30. The van der Waals surface area contributed by atoms with E-state index in [0.29, 0.717) is 0 Å². The first-order chi connectivity index (χ1) is 28.0. The van der Waals surface area contributed by atoms with Crippen LogP contribution >= 0.6 is 0 Å². The molecule has 2 heterocycles. The molecular weight excluding hydrogens is 697 g/mol. The number of ether oxygens (including phenoxy) is 2. The van der Waals surface area contributed by atoms with Crippen LogP contribution < -0.4 is 9.47 Å². The summed E-state index contributed by atoms with van der Waals surface area (Å²) in [5.41, 5.74) is 6.03. The lowest BCUT2D eigenvalue weighted by atomic mass is 9.53. The van der Waals surface area contributed by atoms with E-state index < -0.39 is 0 Å². The lowest BCUT2D eigenvalue weighted by Crippen LogP contribution is -2.45. The zero-order valence-electron chi connectivity index (χ0n) is 37.0. The van der Waals surface area contributed by atoms with Gasteiger partial charge in [-0.15, -0.1) is 0 Å². The number of unbranched alkanes of at least 4 members (excludes halogenated alkanes) is 10. The zero-order chi connectivity index (χ0) is 39.2. The Morgan fingerprint density at radius 1 is 0.439 bits per heavy atom. The maximum Gasteiger partial charge on any atom is 0.119 e. The molecule has 2 saturated heterocycles. The van der Waals surface area contributed by atoms with Gasteiger partial charge in [-0.25, -0.2) is 0 Å². The summed E-state index contributed by atoms with van der Waals surface area (Å²) < 4.78 is 15.3.